The second-order valence-corrected chi connectivity index (χ2v) is 7.26. The van der Waals surface area contributed by atoms with Gasteiger partial charge in [0.15, 0.2) is 0 Å². The molecule has 2 aromatic rings. The van der Waals surface area contributed by atoms with Crippen LogP contribution in [0.2, 0.25) is 0 Å². The first-order chi connectivity index (χ1) is 14.1. The number of hydrogen-bond acceptors (Lipinski definition) is 4. The predicted octanol–water partition coefficient (Wildman–Crippen LogP) is 4.18. The van der Waals surface area contributed by atoms with Crippen LogP contribution in [0.4, 0.5) is 19.3 Å². The third kappa shape index (κ3) is 3.95. The molecule has 152 valence electrons. The van der Waals surface area contributed by atoms with Crippen LogP contribution >= 0.6 is 0 Å². The van der Waals surface area contributed by atoms with E-state index in [2.05, 4.69) is 9.89 Å². The summed E-state index contributed by atoms with van der Waals surface area (Å²) in [5.41, 5.74) is 2.61. The van der Waals surface area contributed by atoms with Gasteiger partial charge in [0.25, 0.3) is 0 Å². The summed E-state index contributed by atoms with van der Waals surface area (Å²) in [5.74, 6) is -1.13. The Kier molecular flexibility index (Phi) is 5.47. The van der Waals surface area contributed by atoms with Gasteiger partial charge in [-0.15, -0.1) is 0 Å². The topological polar surface area (TPSA) is 45.1 Å². The quantitative estimate of drug-likeness (QED) is 0.778. The molecule has 2 aliphatic heterocycles. The van der Waals surface area contributed by atoms with Gasteiger partial charge in [-0.25, -0.2) is 13.6 Å². The maximum atomic E-state index is 14.0. The molecule has 2 aliphatic rings. The molecule has 2 aromatic carbocycles. The summed E-state index contributed by atoms with van der Waals surface area (Å²) in [6, 6.07) is 11.9. The minimum Gasteiger partial charge on any atom is -0.453 e. The van der Waals surface area contributed by atoms with Crippen LogP contribution < -0.4 is 4.90 Å². The number of aliphatic imine (C=N–C) groups is 1. The standard InChI is InChI=1S/C22H23F2N3O2/c1-29-22(28)27-13-11-26(12-14-27)16-7-5-15(6-8-16)19-9-10-20(25-19)21-17(23)3-2-4-18(21)24/h2-8,19H,9-14H2,1H3. The second kappa shape index (κ2) is 8.19. The van der Waals surface area contributed by atoms with Gasteiger partial charge in [-0.3, -0.25) is 4.99 Å². The van der Waals surface area contributed by atoms with Crippen molar-refractivity contribution in [1.82, 2.24) is 4.90 Å². The van der Waals surface area contributed by atoms with Crippen molar-refractivity contribution >= 4 is 17.5 Å². The van der Waals surface area contributed by atoms with E-state index in [4.69, 9.17) is 4.74 Å². The highest BCUT2D eigenvalue weighted by Gasteiger charge is 2.25. The van der Waals surface area contributed by atoms with Gasteiger partial charge in [0.05, 0.1) is 18.7 Å². The van der Waals surface area contributed by atoms with E-state index < -0.39 is 11.6 Å². The highest BCUT2D eigenvalue weighted by Crippen LogP contribution is 2.33. The highest BCUT2D eigenvalue weighted by atomic mass is 19.1. The van der Waals surface area contributed by atoms with Crippen LogP contribution in [0.1, 0.15) is 30.0 Å². The molecule has 1 unspecified atom stereocenters. The first-order valence-corrected chi connectivity index (χ1v) is 9.75. The third-order valence-electron chi connectivity index (χ3n) is 5.57. The van der Waals surface area contributed by atoms with Crippen LogP contribution in [0, 0.1) is 11.6 Å². The van der Waals surface area contributed by atoms with Crippen LogP contribution in [0.3, 0.4) is 0 Å². The zero-order chi connectivity index (χ0) is 20.4. The monoisotopic (exact) mass is 399 g/mol. The van der Waals surface area contributed by atoms with Crippen molar-refractivity contribution in [3.05, 3.63) is 65.2 Å². The Morgan fingerprint density at radius 3 is 2.31 bits per heavy atom. The molecule has 0 saturated carbocycles. The number of benzene rings is 2. The molecule has 5 nitrogen and oxygen atoms in total. The van der Waals surface area contributed by atoms with E-state index in [9.17, 15) is 13.6 Å². The molecule has 4 rings (SSSR count). The lowest BCUT2D eigenvalue weighted by atomic mass is 10.0. The number of carbonyl (C=O) groups excluding carboxylic acids is 1. The molecular weight excluding hydrogens is 376 g/mol. The third-order valence-corrected chi connectivity index (χ3v) is 5.57. The predicted molar refractivity (Wildman–Crippen MR) is 108 cm³/mol. The van der Waals surface area contributed by atoms with E-state index in [0.717, 1.165) is 30.8 Å². The Morgan fingerprint density at radius 1 is 1.03 bits per heavy atom. The van der Waals surface area contributed by atoms with E-state index in [1.807, 2.05) is 24.3 Å². The van der Waals surface area contributed by atoms with Crippen molar-refractivity contribution in [2.45, 2.75) is 18.9 Å². The van der Waals surface area contributed by atoms with E-state index >= 15 is 0 Å². The van der Waals surface area contributed by atoms with Crippen molar-refractivity contribution in [3.63, 3.8) is 0 Å². The van der Waals surface area contributed by atoms with E-state index in [-0.39, 0.29) is 17.7 Å². The molecule has 7 heteroatoms. The molecule has 0 radical (unpaired) electrons. The van der Waals surface area contributed by atoms with Crippen LogP contribution in [-0.2, 0) is 4.74 Å². The Labute approximate surface area is 168 Å². The number of ether oxygens (including phenoxy) is 1. The number of hydrogen-bond donors (Lipinski definition) is 0. The Hall–Kier alpha value is -2.96. The fourth-order valence-corrected chi connectivity index (χ4v) is 3.98. The average molecular weight is 399 g/mol. The molecule has 0 aromatic heterocycles. The first-order valence-electron chi connectivity index (χ1n) is 9.75. The molecule has 0 bridgehead atoms. The number of halogens is 2. The number of rotatable bonds is 3. The first kappa shape index (κ1) is 19.4. The lowest BCUT2D eigenvalue weighted by molar-refractivity contribution is 0.121. The molecule has 29 heavy (non-hydrogen) atoms. The summed E-state index contributed by atoms with van der Waals surface area (Å²) in [4.78, 5) is 20.1. The van der Waals surface area contributed by atoms with Gasteiger partial charge in [-0.1, -0.05) is 18.2 Å². The van der Waals surface area contributed by atoms with Gasteiger partial charge in [0.2, 0.25) is 0 Å². The van der Waals surface area contributed by atoms with Gasteiger partial charge in [0.1, 0.15) is 11.6 Å². The van der Waals surface area contributed by atoms with E-state index in [1.165, 1.54) is 25.3 Å². The van der Waals surface area contributed by atoms with Crippen molar-refractivity contribution in [2.24, 2.45) is 4.99 Å². The van der Waals surface area contributed by atoms with Crippen molar-refractivity contribution < 1.29 is 18.3 Å². The summed E-state index contributed by atoms with van der Waals surface area (Å²) in [6.45, 7) is 2.73. The largest absolute Gasteiger partial charge is 0.453 e. The number of piperazine rings is 1. The average Bonchev–Trinajstić information content (AvgIpc) is 3.23. The maximum absolute atomic E-state index is 14.0. The normalized spacial score (nSPS) is 19.3. The lowest BCUT2D eigenvalue weighted by Gasteiger charge is -2.35. The summed E-state index contributed by atoms with van der Waals surface area (Å²) >= 11 is 0. The van der Waals surface area contributed by atoms with Crippen LogP contribution in [0.25, 0.3) is 0 Å². The molecule has 2 heterocycles. The van der Waals surface area contributed by atoms with Gasteiger partial charge in [-0.05, 0) is 42.7 Å². The smallest absolute Gasteiger partial charge is 0.409 e. The molecule has 0 aliphatic carbocycles. The summed E-state index contributed by atoms with van der Waals surface area (Å²) < 4.78 is 32.8. The highest BCUT2D eigenvalue weighted by molar-refractivity contribution is 6.02. The Morgan fingerprint density at radius 2 is 1.69 bits per heavy atom. The molecular formula is C22H23F2N3O2. The number of anilines is 1. The fraction of sp³-hybridized carbons (Fsp3) is 0.364. The maximum Gasteiger partial charge on any atom is 0.409 e. The van der Waals surface area contributed by atoms with Gasteiger partial charge in [0, 0.05) is 37.6 Å². The summed E-state index contributed by atoms with van der Waals surface area (Å²) in [5, 5.41) is 0. The molecule has 0 spiro atoms. The van der Waals surface area contributed by atoms with Crippen LogP contribution in [-0.4, -0.2) is 50.0 Å². The number of amides is 1. The van der Waals surface area contributed by atoms with Crippen LogP contribution in [0.5, 0.6) is 0 Å². The second-order valence-electron chi connectivity index (χ2n) is 7.26. The number of methoxy groups -OCH3 is 1. The summed E-state index contributed by atoms with van der Waals surface area (Å²) in [6.07, 6.45) is 1.00. The zero-order valence-electron chi connectivity index (χ0n) is 16.3. The molecule has 1 saturated heterocycles. The lowest BCUT2D eigenvalue weighted by Crippen LogP contribution is -2.48. The SMILES string of the molecule is COC(=O)N1CCN(c2ccc(C3CCC(c4c(F)cccc4F)=N3)cc2)CC1. The molecule has 0 N–H and O–H groups in total. The van der Waals surface area contributed by atoms with Gasteiger partial charge < -0.3 is 14.5 Å². The van der Waals surface area contributed by atoms with Crippen molar-refractivity contribution in [2.75, 3.05) is 38.2 Å². The zero-order valence-corrected chi connectivity index (χ0v) is 16.3. The molecule has 1 amide bonds. The summed E-state index contributed by atoms with van der Waals surface area (Å²) in [7, 11) is 1.39. The fourth-order valence-electron chi connectivity index (χ4n) is 3.98. The van der Waals surface area contributed by atoms with E-state index in [0.29, 0.717) is 25.2 Å². The minimum absolute atomic E-state index is 0.00454. The molecule has 1 atom stereocenters. The number of nitrogens with zero attached hydrogens (tertiary/aromatic N) is 3. The minimum atomic E-state index is -0.564. The number of carbonyl (C=O) groups is 1. The van der Waals surface area contributed by atoms with Crippen molar-refractivity contribution in [1.29, 1.82) is 0 Å². The van der Waals surface area contributed by atoms with Gasteiger partial charge in [-0.2, -0.15) is 0 Å². The molecule has 1 fully saturated rings. The van der Waals surface area contributed by atoms with Crippen LogP contribution in [0.15, 0.2) is 47.5 Å². The van der Waals surface area contributed by atoms with E-state index in [1.54, 1.807) is 4.90 Å². The Balaban J connectivity index is 1.44. The Bertz CT molecular complexity index is 902. The van der Waals surface area contributed by atoms with Crippen molar-refractivity contribution in [3.8, 4) is 0 Å². The van der Waals surface area contributed by atoms with Gasteiger partial charge >= 0.3 is 6.09 Å².